The smallest absolute Gasteiger partial charge is 0.404 e. The molecule has 22 heavy (non-hydrogen) atoms. The van der Waals surface area contributed by atoms with E-state index in [0.717, 1.165) is 6.08 Å². The molecule has 0 bridgehead atoms. The van der Waals surface area contributed by atoms with E-state index < -0.39 is 23.5 Å². The lowest BCUT2D eigenvalue weighted by Gasteiger charge is -2.15. The van der Waals surface area contributed by atoms with Gasteiger partial charge in [-0.25, -0.2) is 0 Å². The van der Waals surface area contributed by atoms with Crippen molar-refractivity contribution < 1.29 is 18.0 Å². The molecule has 0 saturated heterocycles. The van der Waals surface area contributed by atoms with Crippen molar-refractivity contribution in [2.45, 2.75) is 6.18 Å². The van der Waals surface area contributed by atoms with Crippen molar-refractivity contribution in [1.29, 1.82) is 0 Å². The number of carbonyl (C=O) groups is 1. The molecule has 0 fully saturated rings. The number of anilines is 2. The molecule has 5 nitrogen and oxygen atoms in total. The molecule has 1 amide bonds. The maximum Gasteiger partial charge on any atom is 0.421 e. The standard InChI is InChI=1S/C14H15F3N4O/c1-3-12(22)20-9-5-4-6-10(7-9)21-13(19-2)11(8-18)14(15,16)17/h3-8H,1,18H2,2H3,(H,19,21)(H,20,22)/b11-8+. The minimum atomic E-state index is -4.63. The number of nitrogens with one attached hydrogen (secondary N) is 2. The molecule has 0 heterocycles. The highest BCUT2D eigenvalue weighted by molar-refractivity contribution is 6.09. The lowest BCUT2D eigenvalue weighted by atomic mass is 10.2. The summed E-state index contributed by atoms with van der Waals surface area (Å²) in [5.41, 5.74) is 4.65. The minimum absolute atomic E-state index is 0.311. The summed E-state index contributed by atoms with van der Waals surface area (Å²) in [4.78, 5) is 14.8. The van der Waals surface area contributed by atoms with Crippen molar-refractivity contribution in [3.05, 3.63) is 48.7 Å². The molecule has 8 heteroatoms. The van der Waals surface area contributed by atoms with Crippen molar-refractivity contribution in [2.24, 2.45) is 10.7 Å². The number of halogens is 3. The minimum Gasteiger partial charge on any atom is -0.404 e. The zero-order valence-corrected chi connectivity index (χ0v) is 11.7. The van der Waals surface area contributed by atoms with Crippen LogP contribution >= 0.6 is 0 Å². The van der Waals surface area contributed by atoms with Gasteiger partial charge in [0, 0.05) is 24.6 Å². The number of amidine groups is 1. The Bertz CT molecular complexity index is 621. The second-order valence-corrected chi connectivity index (χ2v) is 4.05. The molecule has 1 aromatic carbocycles. The van der Waals surface area contributed by atoms with Gasteiger partial charge in [-0.3, -0.25) is 9.79 Å². The lowest BCUT2D eigenvalue weighted by Crippen LogP contribution is -2.27. The monoisotopic (exact) mass is 312 g/mol. The van der Waals surface area contributed by atoms with E-state index in [1.165, 1.54) is 19.2 Å². The van der Waals surface area contributed by atoms with E-state index in [0.29, 0.717) is 17.6 Å². The number of benzene rings is 1. The van der Waals surface area contributed by atoms with Gasteiger partial charge >= 0.3 is 6.18 Å². The van der Waals surface area contributed by atoms with E-state index in [4.69, 9.17) is 5.73 Å². The van der Waals surface area contributed by atoms with E-state index in [9.17, 15) is 18.0 Å². The highest BCUT2D eigenvalue weighted by Gasteiger charge is 2.36. The summed E-state index contributed by atoms with van der Waals surface area (Å²) in [6.45, 7) is 3.31. The second-order valence-electron chi connectivity index (χ2n) is 4.05. The van der Waals surface area contributed by atoms with Gasteiger partial charge in [-0.1, -0.05) is 12.6 Å². The molecule has 1 aromatic rings. The number of nitrogens with zero attached hydrogens (tertiary/aromatic N) is 1. The fraction of sp³-hybridized carbons (Fsp3) is 0.143. The van der Waals surface area contributed by atoms with Crippen LogP contribution in [-0.4, -0.2) is 25.0 Å². The molecule has 0 aliphatic carbocycles. The SMILES string of the molecule is C=CC(=O)Nc1cccc(NC(=NC)/C(=C\N)C(F)(F)F)c1. The number of rotatable bonds is 4. The first-order valence-corrected chi connectivity index (χ1v) is 6.08. The average Bonchev–Trinajstić information content (AvgIpc) is 2.45. The Balaban J connectivity index is 3.00. The molecule has 0 unspecified atom stereocenters. The van der Waals surface area contributed by atoms with Crippen LogP contribution in [0.25, 0.3) is 0 Å². The van der Waals surface area contributed by atoms with Crippen LogP contribution in [0.15, 0.2) is 53.7 Å². The third-order valence-electron chi connectivity index (χ3n) is 2.53. The maximum absolute atomic E-state index is 12.8. The Morgan fingerprint density at radius 3 is 2.36 bits per heavy atom. The Morgan fingerprint density at radius 1 is 1.32 bits per heavy atom. The first-order valence-electron chi connectivity index (χ1n) is 6.08. The van der Waals surface area contributed by atoms with Crippen LogP contribution in [0.4, 0.5) is 24.5 Å². The van der Waals surface area contributed by atoms with E-state index >= 15 is 0 Å². The van der Waals surface area contributed by atoms with Gasteiger partial charge in [0.1, 0.15) is 11.4 Å². The van der Waals surface area contributed by atoms with E-state index in [2.05, 4.69) is 22.2 Å². The zero-order valence-electron chi connectivity index (χ0n) is 11.7. The number of alkyl halides is 3. The third kappa shape index (κ3) is 4.65. The molecular weight excluding hydrogens is 297 g/mol. The predicted molar refractivity (Wildman–Crippen MR) is 80.6 cm³/mol. The van der Waals surface area contributed by atoms with Crippen molar-refractivity contribution in [1.82, 2.24) is 0 Å². The molecule has 0 atom stereocenters. The van der Waals surface area contributed by atoms with Crippen molar-refractivity contribution >= 4 is 23.1 Å². The van der Waals surface area contributed by atoms with Crippen molar-refractivity contribution in [3.63, 3.8) is 0 Å². The van der Waals surface area contributed by atoms with Crippen LogP contribution in [0.3, 0.4) is 0 Å². The Kier molecular flexibility index (Phi) is 5.73. The van der Waals surface area contributed by atoms with Crippen LogP contribution in [-0.2, 0) is 4.79 Å². The van der Waals surface area contributed by atoms with Gasteiger partial charge in [-0.2, -0.15) is 13.2 Å². The molecule has 0 aromatic heterocycles. The molecule has 0 spiro atoms. The first-order chi connectivity index (χ1) is 10.3. The first kappa shape index (κ1) is 17.3. The second kappa shape index (κ2) is 7.30. The molecule has 0 aliphatic heterocycles. The Hall–Kier alpha value is -2.77. The van der Waals surface area contributed by atoms with Gasteiger partial charge in [-0.15, -0.1) is 0 Å². The number of nitrogens with two attached hydrogens (primary N) is 1. The van der Waals surface area contributed by atoms with Crippen molar-refractivity contribution in [3.8, 4) is 0 Å². The maximum atomic E-state index is 12.8. The quantitative estimate of drug-likeness (QED) is 0.454. The molecular formula is C14H15F3N4O. The normalized spacial score (nSPS) is 12.7. The average molecular weight is 312 g/mol. The highest BCUT2D eigenvalue weighted by Crippen LogP contribution is 2.27. The molecule has 118 valence electrons. The summed E-state index contributed by atoms with van der Waals surface area (Å²) in [5, 5.41) is 5.02. The van der Waals surface area contributed by atoms with Crippen LogP contribution < -0.4 is 16.4 Å². The van der Waals surface area contributed by atoms with Crippen LogP contribution in [0.5, 0.6) is 0 Å². The number of amides is 1. The largest absolute Gasteiger partial charge is 0.421 e. The number of aliphatic imine (C=N–C) groups is 1. The molecule has 0 radical (unpaired) electrons. The summed E-state index contributed by atoms with van der Waals surface area (Å²) in [6.07, 6.45) is -3.11. The summed E-state index contributed by atoms with van der Waals surface area (Å²) >= 11 is 0. The Labute approximate surface area is 125 Å². The van der Waals surface area contributed by atoms with Gasteiger partial charge in [0.15, 0.2) is 0 Å². The molecule has 0 aliphatic rings. The predicted octanol–water partition coefficient (Wildman–Crippen LogP) is 2.66. The fourth-order valence-electron chi connectivity index (χ4n) is 1.56. The van der Waals surface area contributed by atoms with E-state index in [1.807, 2.05) is 0 Å². The van der Waals surface area contributed by atoms with Crippen LogP contribution in [0.2, 0.25) is 0 Å². The summed E-state index contributed by atoms with van der Waals surface area (Å²) in [6, 6.07) is 6.13. The third-order valence-corrected chi connectivity index (χ3v) is 2.53. The van der Waals surface area contributed by atoms with Crippen LogP contribution in [0, 0.1) is 0 Å². The van der Waals surface area contributed by atoms with Gasteiger partial charge in [-0.05, 0) is 24.3 Å². The van der Waals surface area contributed by atoms with Gasteiger partial charge in [0.25, 0.3) is 0 Å². The molecule has 4 N–H and O–H groups in total. The van der Waals surface area contributed by atoms with E-state index in [1.54, 1.807) is 12.1 Å². The summed E-state index contributed by atoms with van der Waals surface area (Å²) < 4.78 is 38.5. The number of carbonyl (C=O) groups excluding carboxylic acids is 1. The van der Waals surface area contributed by atoms with Gasteiger partial charge < -0.3 is 16.4 Å². The lowest BCUT2D eigenvalue weighted by molar-refractivity contribution is -0.111. The summed E-state index contributed by atoms with van der Waals surface area (Å²) in [7, 11) is 1.21. The van der Waals surface area contributed by atoms with E-state index in [-0.39, 0.29) is 0 Å². The van der Waals surface area contributed by atoms with Gasteiger partial charge in [0.05, 0.1) is 0 Å². The fourth-order valence-corrected chi connectivity index (χ4v) is 1.56. The highest BCUT2D eigenvalue weighted by atomic mass is 19.4. The summed E-state index contributed by atoms with van der Waals surface area (Å²) in [5.74, 6) is -0.860. The Morgan fingerprint density at radius 2 is 1.91 bits per heavy atom. The van der Waals surface area contributed by atoms with Crippen LogP contribution in [0.1, 0.15) is 0 Å². The molecule has 0 saturated carbocycles. The number of hydrogen-bond donors (Lipinski definition) is 3. The van der Waals surface area contributed by atoms with Crippen molar-refractivity contribution in [2.75, 3.05) is 17.7 Å². The molecule has 1 rings (SSSR count). The number of hydrogen-bond acceptors (Lipinski definition) is 3. The van der Waals surface area contributed by atoms with Gasteiger partial charge in [0.2, 0.25) is 5.91 Å². The zero-order chi connectivity index (χ0) is 16.8. The topological polar surface area (TPSA) is 79.5 Å².